The highest BCUT2D eigenvalue weighted by Gasteiger charge is 2.21. The molecule has 1 aromatic heterocycles. The van der Waals surface area contributed by atoms with Gasteiger partial charge in [0.25, 0.3) is 0 Å². The third-order valence-electron chi connectivity index (χ3n) is 4.21. The summed E-state index contributed by atoms with van der Waals surface area (Å²) in [5.41, 5.74) is 4.37. The van der Waals surface area contributed by atoms with Gasteiger partial charge in [-0.05, 0) is 30.2 Å². The summed E-state index contributed by atoms with van der Waals surface area (Å²) in [6.07, 6.45) is 5.13. The number of nitrogens with zero attached hydrogens (tertiary/aromatic N) is 3. The lowest BCUT2D eigenvalue weighted by atomic mass is 9.98. The van der Waals surface area contributed by atoms with Crippen LogP contribution >= 0.6 is 0 Å². The summed E-state index contributed by atoms with van der Waals surface area (Å²) < 4.78 is 2.25. The van der Waals surface area contributed by atoms with E-state index >= 15 is 0 Å². The number of anilines is 1. The van der Waals surface area contributed by atoms with Gasteiger partial charge in [-0.2, -0.15) is 0 Å². The Morgan fingerprint density at radius 3 is 3.21 bits per heavy atom. The van der Waals surface area contributed by atoms with Crippen molar-refractivity contribution < 1.29 is 0 Å². The minimum absolute atomic E-state index is 0.920. The van der Waals surface area contributed by atoms with Gasteiger partial charge in [0.05, 0.1) is 6.54 Å². The molecule has 19 heavy (non-hydrogen) atoms. The Balaban J connectivity index is 1.70. The molecule has 0 unspecified atom stereocenters. The fraction of sp³-hybridized carbons (Fsp3) is 0.400. The molecule has 0 bridgehead atoms. The second-order valence-electron chi connectivity index (χ2n) is 5.30. The van der Waals surface area contributed by atoms with E-state index in [0.29, 0.717) is 0 Å². The largest absolute Gasteiger partial charge is 0.362 e. The fourth-order valence-electron chi connectivity index (χ4n) is 3.17. The highest BCUT2D eigenvalue weighted by molar-refractivity contribution is 5.58. The molecule has 2 aliphatic rings. The second-order valence-corrected chi connectivity index (χ2v) is 5.30. The van der Waals surface area contributed by atoms with E-state index in [2.05, 4.69) is 44.2 Å². The average Bonchev–Trinajstić information content (AvgIpc) is 2.94. The smallest absolute Gasteiger partial charge is 0.128 e. The van der Waals surface area contributed by atoms with Gasteiger partial charge in [0.15, 0.2) is 0 Å². The lowest BCUT2D eigenvalue weighted by Gasteiger charge is -2.33. The molecule has 0 aliphatic carbocycles. The van der Waals surface area contributed by atoms with Crippen LogP contribution in [0.3, 0.4) is 0 Å². The van der Waals surface area contributed by atoms with E-state index in [0.717, 1.165) is 39.1 Å². The van der Waals surface area contributed by atoms with Crippen LogP contribution in [0.4, 0.5) is 5.69 Å². The summed E-state index contributed by atoms with van der Waals surface area (Å²) in [5.74, 6) is 1.17. The predicted molar refractivity (Wildman–Crippen MR) is 75.1 cm³/mol. The van der Waals surface area contributed by atoms with Crippen molar-refractivity contribution in [3.63, 3.8) is 0 Å². The third-order valence-corrected chi connectivity index (χ3v) is 4.21. The van der Waals surface area contributed by atoms with Crippen LogP contribution in [0.1, 0.15) is 17.0 Å². The second kappa shape index (κ2) is 4.38. The zero-order valence-corrected chi connectivity index (χ0v) is 11.0. The molecular formula is C15H18N4. The summed E-state index contributed by atoms with van der Waals surface area (Å²) in [6, 6.07) is 6.72. The Morgan fingerprint density at radius 1 is 1.21 bits per heavy atom. The Bertz CT molecular complexity index is 602. The number of aromatic nitrogens is 2. The quantitative estimate of drug-likeness (QED) is 0.838. The molecule has 3 heterocycles. The lowest BCUT2D eigenvalue weighted by molar-refractivity contribution is 0.554. The van der Waals surface area contributed by atoms with Crippen molar-refractivity contribution >= 4 is 5.69 Å². The molecule has 0 radical (unpaired) electrons. The molecule has 1 N–H and O–H groups in total. The molecular weight excluding hydrogens is 236 g/mol. The van der Waals surface area contributed by atoms with Crippen LogP contribution < -0.4 is 10.2 Å². The molecule has 4 rings (SSSR count). The number of benzene rings is 1. The normalized spacial score (nSPS) is 18.0. The molecule has 2 aromatic rings. The van der Waals surface area contributed by atoms with Crippen LogP contribution in [0.15, 0.2) is 30.6 Å². The first-order valence-corrected chi connectivity index (χ1v) is 6.98. The Labute approximate surface area is 113 Å². The summed E-state index contributed by atoms with van der Waals surface area (Å²) in [5, 5.41) is 3.49. The van der Waals surface area contributed by atoms with Crippen molar-refractivity contribution in [3.05, 3.63) is 47.5 Å². The van der Waals surface area contributed by atoms with Gasteiger partial charge in [0.1, 0.15) is 5.82 Å². The molecule has 1 aromatic carbocycles. The van der Waals surface area contributed by atoms with Crippen LogP contribution in [0.2, 0.25) is 0 Å². The first-order chi connectivity index (χ1) is 9.42. The first-order valence-electron chi connectivity index (χ1n) is 6.98. The van der Waals surface area contributed by atoms with Gasteiger partial charge in [-0.3, -0.25) is 0 Å². The van der Waals surface area contributed by atoms with Crippen molar-refractivity contribution in [2.45, 2.75) is 26.1 Å². The fourth-order valence-corrected chi connectivity index (χ4v) is 3.17. The van der Waals surface area contributed by atoms with Gasteiger partial charge in [0.2, 0.25) is 0 Å². The monoisotopic (exact) mass is 254 g/mol. The van der Waals surface area contributed by atoms with Crippen LogP contribution in [-0.4, -0.2) is 22.6 Å². The molecule has 0 atom stereocenters. The topological polar surface area (TPSA) is 33.1 Å². The maximum absolute atomic E-state index is 4.45. The van der Waals surface area contributed by atoms with Crippen molar-refractivity contribution in [2.75, 3.05) is 18.0 Å². The molecule has 0 saturated heterocycles. The summed E-state index contributed by atoms with van der Waals surface area (Å²) >= 11 is 0. The molecule has 2 aliphatic heterocycles. The SMILES string of the molecule is c1cc2c(c(N3CCn4ccnc4C3)c1)CNCC2. The standard InChI is InChI=1S/C15H18N4/c1-2-12-4-5-16-10-13(12)14(3-1)19-9-8-18-7-6-17-15(18)11-19/h1-3,6-7,16H,4-5,8-11H2. The third kappa shape index (κ3) is 1.83. The van der Waals surface area contributed by atoms with E-state index < -0.39 is 0 Å². The Kier molecular flexibility index (Phi) is 2.55. The van der Waals surface area contributed by atoms with Gasteiger partial charge in [-0.1, -0.05) is 12.1 Å². The minimum atomic E-state index is 0.920. The highest BCUT2D eigenvalue weighted by Crippen LogP contribution is 2.28. The van der Waals surface area contributed by atoms with Crippen LogP contribution in [0.25, 0.3) is 0 Å². The highest BCUT2D eigenvalue weighted by atomic mass is 15.2. The number of imidazole rings is 1. The van der Waals surface area contributed by atoms with Gasteiger partial charge in [-0.15, -0.1) is 0 Å². The molecule has 0 amide bonds. The van der Waals surface area contributed by atoms with Crippen molar-refractivity contribution in [1.82, 2.24) is 14.9 Å². The zero-order chi connectivity index (χ0) is 12.7. The molecule has 0 fully saturated rings. The Hall–Kier alpha value is -1.81. The molecule has 4 nitrogen and oxygen atoms in total. The van der Waals surface area contributed by atoms with Gasteiger partial charge < -0.3 is 14.8 Å². The Morgan fingerprint density at radius 2 is 2.21 bits per heavy atom. The summed E-state index contributed by atoms with van der Waals surface area (Å²) in [6.45, 7) is 5.12. The molecule has 0 saturated carbocycles. The number of rotatable bonds is 1. The van der Waals surface area contributed by atoms with Gasteiger partial charge >= 0.3 is 0 Å². The van der Waals surface area contributed by atoms with Crippen molar-refractivity contribution in [3.8, 4) is 0 Å². The summed E-state index contributed by atoms with van der Waals surface area (Å²) in [7, 11) is 0. The van der Waals surface area contributed by atoms with Crippen molar-refractivity contribution in [2.24, 2.45) is 0 Å². The minimum Gasteiger partial charge on any atom is -0.362 e. The molecule has 0 spiro atoms. The predicted octanol–water partition coefficient (Wildman–Crippen LogP) is 1.55. The van der Waals surface area contributed by atoms with E-state index in [4.69, 9.17) is 0 Å². The maximum Gasteiger partial charge on any atom is 0.128 e. The van der Waals surface area contributed by atoms with E-state index in [9.17, 15) is 0 Å². The first kappa shape index (κ1) is 11.1. The lowest BCUT2D eigenvalue weighted by Crippen LogP contribution is -2.35. The van der Waals surface area contributed by atoms with Gasteiger partial charge in [0, 0.05) is 37.7 Å². The number of hydrogen-bond acceptors (Lipinski definition) is 3. The van der Waals surface area contributed by atoms with E-state index in [1.165, 1.54) is 22.6 Å². The van der Waals surface area contributed by atoms with E-state index in [1.807, 2.05) is 6.20 Å². The molecule has 98 valence electrons. The van der Waals surface area contributed by atoms with Crippen LogP contribution in [-0.2, 0) is 26.1 Å². The van der Waals surface area contributed by atoms with Crippen LogP contribution in [0, 0.1) is 0 Å². The van der Waals surface area contributed by atoms with Crippen molar-refractivity contribution in [1.29, 1.82) is 0 Å². The van der Waals surface area contributed by atoms with E-state index in [1.54, 1.807) is 0 Å². The number of hydrogen-bond donors (Lipinski definition) is 1. The molecule has 4 heteroatoms. The summed E-state index contributed by atoms with van der Waals surface area (Å²) in [4.78, 5) is 6.92. The number of nitrogens with one attached hydrogen (secondary N) is 1. The van der Waals surface area contributed by atoms with Crippen LogP contribution in [0.5, 0.6) is 0 Å². The van der Waals surface area contributed by atoms with Gasteiger partial charge in [-0.25, -0.2) is 4.98 Å². The average molecular weight is 254 g/mol. The number of fused-ring (bicyclic) bond motifs is 2. The van der Waals surface area contributed by atoms with E-state index in [-0.39, 0.29) is 0 Å². The zero-order valence-electron chi connectivity index (χ0n) is 11.0. The maximum atomic E-state index is 4.45.